The van der Waals surface area contributed by atoms with E-state index in [1.165, 1.54) is 6.92 Å². The number of nitrogens with one attached hydrogen (secondary N) is 1. The highest BCUT2D eigenvalue weighted by molar-refractivity contribution is 7.90. The third-order valence-corrected chi connectivity index (χ3v) is 3.35. The third kappa shape index (κ3) is 4.47. The topological polar surface area (TPSA) is 89.3 Å². The van der Waals surface area contributed by atoms with Crippen molar-refractivity contribution < 1.29 is 22.0 Å². The van der Waals surface area contributed by atoms with Gasteiger partial charge in [-0.3, -0.25) is 4.79 Å². The van der Waals surface area contributed by atoms with E-state index in [-0.39, 0.29) is 5.75 Å². The predicted molar refractivity (Wildman–Crippen MR) is 67.4 cm³/mol. The van der Waals surface area contributed by atoms with Gasteiger partial charge in [-0.15, -0.1) is 0 Å². The van der Waals surface area contributed by atoms with E-state index >= 15 is 0 Å². The standard InChI is InChI=1S/C11H14F2N2O3S/c1-6(5-19(2,17)18)15-11(16)8-3-7(12)4-9(14)10(8)13/h3-4,6H,5,14H2,1-2H3,(H,15,16). The number of rotatable bonds is 4. The molecule has 0 fully saturated rings. The number of benzene rings is 1. The number of hydrogen-bond acceptors (Lipinski definition) is 4. The molecule has 1 amide bonds. The van der Waals surface area contributed by atoms with Crippen LogP contribution < -0.4 is 11.1 Å². The molecule has 0 spiro atoms. The van der Waals surface area contributed by atoms with Gasteiger partial charge in [-0.25, -0.2) is 17.2 Å². The molecule has 0 aliphatic carbocycles. The largest absolute Gasteiger partial charge is 0.396 e. The van der Waals surface area contributed by atoms with Crippen molar-refractivity contribution in [1.82, 2.24) is 5.32 Å². The van der Waals surface area contributed by atoms with E-state index in [1.807, 2.05) is 0 Å². The van der Waals surface area contributed by atoms with Crippen LogP contribution in [-0.2, 0) is 9.84 Å². The van der Waals surface area contributed by atoms with Gasteiger partial charge in [0.15, 0.2) is 5.82 Å². The van der Waals surface area contributed by atoms with Gasteiger partial charge < -0.3 is 11.1 Å². The molecule has 0 aliphatic heterocycles. The zero-order chi connectivity index (χ0) is 14.8. The molecule has 1 aromatic rings. The second-order valence-electron chi connectivity index (χ2n) is 4.32. The third-order valence-electron chi connectivity index (χ3n) is 2.24. The molecule has 0 radical (unpaired) electrons. The monoisotopic (exact) mass is 292 g/mol. The molecule has 0 bridgehead atoms. The van der Waals surface area contributed by atoms with E-state index in [1.54, 1.807) is 0 Å². The van der Waals surface area contributed by atoms with Gasteiger partial charge in [0.2, 0.25) is 0 Å². The summed E-state index contributed by atoms with van der Waals surface area (Å²) in [5, 5.41) is 2.27. The number of nitrogen functional groups attached to an aromatic ring is 1. The summed E-state index contributed by atoms with van der Waals surface area (Å²) in [6.07, 6.45) is 1.01. The van der Waals surface area contributed by atoms with Crippen LogP contribution in [0.1, 0.15) is 17.3 Å². The molecule has 1 unspecified atom stereocenters. The van der Waals surface area contributed by atoms with Crippen LogP contribution in [0.25, 0.3) is 0 Å². The Labute approximate surface area is 109 Å². The van der Waals surface area contributed by atoms with E-state index in [2.05, 4.69) is 5.32 Å². The van der Waals surface area contributed by atoms with Crippen LogP contribution in [0.3, 0.4) is 0 Å². The fourth-order valence-electron chi connectivity index (χ4n) is 1.57. The predicted octanol–water partition coefficient (Wildman–Crippen LogP) is 0.710. The van der Waals surface area contributed by atoms with E-state index in [0.717, 1.165) is 12.3 Å². The normalized spacial score (nSPS) is 13.1. The number of halogens is 2. The van der Waals surface area contributed by atoms with Crippen molar-refractivity contribution in [2.45, 2.75) is 13.0 Å². The first-order valence-corrected chi connectivity index (χ1v) is 7.39. The lowest BCUT2D eigenvalue weighted by atomic mass is 10.1. The quantitative estimate of drug-likeness (QED) is 0.800. The molecule has 0 saturated heterocycles. The van der Waals surface area contributed by atoms with Crippen molar-refractivity contribution in [2.75, 3.05) is 17.7 Å². The van der Waals surface area contributed by atoms with Crippen molar-refractivity contribution in [3.63, 3.8) is 0 Å². The fourth-order valence-corrected chi connectivity index (χ4v) is 2.56. The van der Waals surface area contributed by atoms with Gasteiger partial charge in [0.1, 0.15) is 15.7 Å². The summed E-state index contributed by atoms with van der Waals surface area (Å²) in [5.41, 5.74) is 4.16. The first-order valence-electron chi connectivity index (χ1n) is 5.33. The van der Waals surface area contributed by atoms with Crippen molar-refractivity contribution >= 4 is 21.4 Å². The molecule has 1 atom stereocenters. The maximum atomic E-state index is 13.5. The van der Waals surface area contributed by atoms with Gasteiger partial charge in [-0.2, -0.15) is 0 Å². The highest BCUT2D eigenvalue weighted by Gasteiger charge is 2.19. The first-order chi connectivity index (χ1) is 8.60. The van der Waals surface area contributed by atoms with Gasteiger partial charge in [0, 0.05) is 12.3 Å². The van der Waals surface area contributed by atoms with Crippen LogP contribution in [0.5, 0.6) is 0 Å². The number of hydrogen-bond donors (Lipinski definition) is 2. The zero-order valence-electron chi connectivity index (χ0n) is 10.4. The Morgan fingerprint density at radius 3 is 2.53 bits per heavy atom. The fraction of sp³-hybridized carbons (Fsp3) is 0.364. The smallest absolute Gasteiger partial charge is 0.254 e. The van der Waals surface area contributed by atoms with Crippen molar-refractivity contribution in [3.05, 3.63) is 29.3 Å². The van der Waals surface area contributed by atoms with Crippen LogP contribution in [-0.4, -0.2) is 32.4 Å². The van der Waals surface area contributed by atoms with Gasteiger partial charge >= 0.3 is 0 Å². The lowest BCUT2D eigenvalue weighted by molar-refractivity contribution is 0.0939. The zero-order valence-corrected chi connectivity index (χ0v) is 11.2. The van der Waals surface area contributed by atoms with Crippen molar-refractivity contribution in [1.29, 1.82) is 0 Å². The molecule has 0 saturated carbocycles. The minimum Gasteiger partial charge on any atom is -0.396 e. The summed E-state index contributed by atoms with van der Waals surface area (Å²) in [6.45, 7) is 1.44. The van der Waals surface area contributed by atoms with Crippen molar-refractivity contribution in [2.24, 2.45) is 0 Å². The molecule has 0 heterocycles. The lowest BCUT2D eigenvalue weighted by Crippen LogP contribution is -2.37. The van der Waals surface area contributed by atoms with Crippen molar-refractivity contribution in [3.8, 4) is 0 Å². The van der Waals surface area contributed by atoms with Gasteiger partial charge in [-0.05, 0) is 19.1 Å². The van der Waals surface area contributed by atoms with Crippen LogP contribution in [0.2, 0.25) is 0 Å². The summed E-state index contributed by atoms with van der Waals surface area (Å²) in [5.74, 6) is -3.10. The Kier molecular flexibility index (Phi) is 4.46. The summed E-state index contributed by atoms with van der Waals surface area (Å²) >= 11 is 0. The average molecular weight is 292 g/mol. The molecule has 19 heavy (non-hydrogen) atoms. The molecular formula is C11H14F2N2O3S. The van der Waals surface area contributed by atoms with Crippen LogP contribution in [0, 0.1) is 11.6 Å². The molecule has 1 rings (SSSR count). The highest BCUT2D eigenvalue weighted by Crippen LogP contribution is 2.17. The van der Waals surface area contributed by atoms with E-state index in [4.69, 9.17) is 5.73 Å². The summed E-state index contributed by atoms with van der Waals surface area (Å²) in [6, 6.07) is 0.728. The Hall–Kier alpha value is -1.70. The Bertz CT molecular complexity index is 602. The minimum absolute atomic E-state index is 0.300. The van der Waals surface area contributed by atoms with E-state index < -0.39 is 44.7 Å². The van der Waals surface area contributed by atoms with Gasteiger partial charge in [0.25, 0.3) is 5.91 Å². The molecule has 3 N–H and O–H groups in total. The van der Waals surface area contributed by atoms with Gasteiger partial charge in [0.05, 0.1) is 17.0 Å². The average Bonchev–Trinajstić information content (AvgIpc) is 2.20. The second-order valence-corrected chi connectivity index (χ2v) is 6.51. The maximum Gasteiger partial charge on any atom is 0.254 e. The number of anilines is 1. The maximum absolute atomic E-state index is 13.5. The molecule has 0 aliphatic rings. The number of amides is 1. The van der Waals surface area contributed by atoms with Crippen LogP contribution in [0.4, 0.5) is 14.5 Å². The molecule has 8 heteroatoms. The van der Waals surface area contributed by atoms with E-state index in [9.17, 15) is 22.0 Å². The number of carbonyl (C=O) groups excluding carboxylic acids is 1. The molecule has 106 valence electrons. The summed E-state index contributed by atoms with van der Waals surface area (Å²) in [7, 11) is -3.28. The number of sulfone groups is 1. The van der Waals surface area contributed by atoms with Gasteiger partial charge in [-0.1, -0.05) is 0 Å². The second kappa shape index (κ2) is 5.52. The lowest BCUT2D eigenvalue weighted by Gasteiger charge is -2.13. The molecule has 1 aromatic carbocycles. The Balaban J connectivity index is 2.90. The first kappa shape index (κ1) is 15.4. The Morgan fingerprint density at radius 1 is 1.42 bits per heavy atom. The number of nitrogens with two attached hydrogens (primary N) is 1. The molecular weight excluding hydrogens is 278 g/mol. The Morgan fingerprint density at radius 2 is 2.00 bits per heavy atom. The van der Waals surface area contributed by atoms with Crippen LogP contribution >= 0.6 is 0 Å². The highest BCUT2D eigenvalue weighted by atomic mass is 32.2. The van der Waals surface area contributed by atoms with E-state index in [0.29, 0.717) is 6.07 Å². The molecule has 5 nitrogen and oxygen atoms in total. The summed E-state index contributed by atoms with van der Waals surface area (Å²) < 4.78 is 48.7. The minimum atomic E-state index is -3.28. The summed E-state index contributed by atoms with van der Waals surface area (Å²) in [4.78, 5) is 11.7. The van der Waals surface area contributed by atoms with Crippen LogP contribution in [0.15, 0.2) is 12.1 Å². The molecule has 0 aromatic heterocycles. The number of carbonyl (C=O) groups is 1. The SMILES string of the molecule is CC(CS(C)(=O)=O)NC(=O)c1cc(F)cc(N)c1F.